The summed E-state index contributed by atoms with van der Waals surface area (Å²) in [6, 6.07) is 26.6. The molecule has 0 radical (unpaired) electrons. The monoisotopic (exact) mass is 375 g/mol. The lowest BCUT2D eigenvalue weighted by Crippen LogP contribution is -2.40. The highest BCUT2D eigenvalue weighted by atomic mass is 35.5. The molecule has 3 aromatic rings. The van der Waals surface area contributed by atoms with Crippen molar-refractivity contribution in [2.75, 3.05) is 4.90 Å². The first-order valence-corrected chi connectivity index (χ1v) is 9.10. The van der Waals surface area contributed by atoms with Gasteiger partial charge in [0.05, 0.1) is 5.57 Å². The fraction of sp³-hybridized carbons (Fsp3) is 0.0870. The Labute approximate surface area is 163 Å². The van der Waals surface area contributed by atoms with Crippen LogP contribution >= 0.6 is 11.6 Å². The maximum atomic E-state index is 13.5. The van der Waals surface area contributed by atoms with Crippen molar-refractivity contribution >= 4 is 28.8 Å². The molecule has 0 spiro atoms. The molecule has 1 aliphatic heterocycles. The minimum absolute atomic E-state index is 0.0869. The van der Waals surface area contributed by atoms with Crippen LogP contribution < -0.4 is 4.90 Å². The molecule has 1 heterocycles. The summed E-state index contributed by atoms with van der Waals surface area (Å²) in [5, 5.41) is 0.643. The van der Waals surface area contributed by atoms with Gasteiger partial charge in [0.1, 0.15) is 5.76 Å². The molecule has 27 heavy (non-hydrogen) atoms. The van der Waals surface area contributed by atoms with Crippen LogP contribution in [0.1, 0.15) is 24.3 Å². The summed E-state index contributed by atoms with van der Waals surface area (Å²) >= 11 is 6.03. The lowest BCUT2D eigenvalue weighted by atomic mass is 10.00. The minimum atomic E-state index is -0.551. The van der Waals surface area contributed by atoms with E-state index in [1.54, 1.807) is 17.0 Å². The van der Waals surface area contributed by atoms with E-state index in [9.17, 15) is 4.79 Å². The molecule has 4 rings (SSSR count). The number of halogens is 1. The summed E-state index contributed by atoms with van der Waals surface area (Å²) in [5.41, 5.74) is 3.06. The molecule has 4 heteroatoms. The molecular formula is C23H18ClNO2. The predicted molar refractivity (Wildman–Crippen MR) is 108 cm³/mol. The van der Waals surface area contributed by atoms with Crippen LogP contribution in [0.3, 0.4) is 0 Å². The number of nitrogens with zero attached hydrogens (tertiary/aromatic N) is 1. The van der Waals surface area contributed by atoms with Crippen LogP contribution in [0.15, 0.2) is 90.7 Å². The lowest BCUT2D eigenvalue weighted by Gasteiger charge is -2.37. The number of benzene rings is 3. The third-order valence-electron chi connectivity index (χ3n) is 4.56. The zero-order chi connectivity index (χ0) is 18.8. The van der Waals surface area contributed by atoms with Crippen LogP contribution in [0.4, 0.5) is 5.69 Å². The summed E-state index contributed by atoms with van der Waals surface area (Å²) in [6.45, 7) is 1.84. The Morgan fingerprint density at radius 2 is 1.44 bits per heavy atom. The smallest absolute Gasteiger partial charge is 0.265 e. The molecule has 1 amide bonds. The molecule has 0 N–H and O–H groups in total. The number of rotatable bonds is 3. The minimum Gasteiger partial charge on any atom is -0.470 e. The quantitative estimate of drug-likeness (QED) is 0.576. The van der Waals surface area contributed by atoms with Crippen LogP contribution in [0.5, 0.6) is 0 Å². The largest absolute Gasteiger partial charge is 0.470 e. The number of carbonyl (C=O) groups is 1. The second-order valence-corrected chi connectivity index (χ2v) is 6.77. The summed E-state index contributed by atoms with van der Waals surface area (Å²) in [7, 11) is 0. The first kappa shape index (κ1) is 17.4. The molecule has 1 aliphatic rings. The maximum Gasteiger partial charge on any atom is 0.265 e. The van der Waals surface area contributed by atoms with Crippen molar-refractivity contribution in [1.82, 2.24) is 0 Å². The van der Waals surface area contributed by atoms with E-state index in [2.05, 4.69) is 0 Å². The Kier molecular flexibility index (Phi) is 4.69. The van der Waals surface area contributed by atoms with E-state index < -0.39 is 6.23 Å². The third-order valence-corrected chi connectivity index (χ3v) is 4.81. The van der Waals surface area contributed by atoms with Gasteiger partial charge >= 0.3 is 0 Å². The topological polar surface area (TPSA) is 29.5 Å². The van der Waals surface area contributed by atoms with Crippen molar-refractivity contribution in [3.05, 3.63) is 107 Å². The first-order valence-electron chi connectivity index (χ1n) is 8.72. The lowest BCUT2D eigenvalue weighted by molar-refractivity contribution is -0.117. The predicted octanol–water partition coefficient (Wildman–Crippen LogP) is 5.83. The molecule has 0 saturated heterocycles. The summed E-state index contributed by atoms with van der Waals surface area (Å²) < 4.78 is 6.26. The number of carbonyl (C=O) groups excluding carboxylic acids is 1. The van der Waals surface area contributed by atoms with E-state index >= 15 is 0 Å². The SMILES string of the molecule is CC1=C(c2ccccc2)C(=O)N(c2ccccc2)[C@@H](c2ccc(Cl)cc2)O1. The van der Waals surface area contributed by atoms with Crippen LogP contribution in [0.25, 0.3) is 5.57 Å². The second-order valence-electron chi connectivity index (χ2n) is 6.33. The van der Waals surface area contributed by atoms with Gasteiger partial charge in [-0.1, -0.05) is 72.3 Å². The molecule has 0 bridgehead atoms. The number of para-hydroxylation sites is 1. The van der Waals surface area contributed by atoms with Crippen molar-refractivity contribution in [3.63, 3.8) is 0 Å². The average molecular weight is 376 g/mol. The molecule has 0 aliphatic carbocycles. The normalized spacial score (nSPS) is 17.0. The molecule has 0 unspecified atom stereocenters. The van der Waals surface area contributed by atoms with Gasteiger partial charge in [-0.25, -0.2) is 0 Å². The third kappa shape index (κ3) is 3.34. The van der Waals surface area contributed by atoms with E-state index in [1.165, 1.54) is 0 Å². The summed E-state index contributed by atoms with van der Waals surface area (Å²) in [5.74, 6) is 0.523. The average Bonchev–Trinajstić information content (AvgIpc) is 2.70. The summed E-state index contributed by atoms with van der Waals surface area (Å²) in [4.78, 5) is 15.2. The van der Waals surface area contributed by atoms with Gasteiger partial charge in [-0.2, -0.15) is 0 Å². The maximum absolute atomic E-state index is 13.5. The first-order chi connectivity index (χ1) is 13.1. The standard InChI is InChI=1S/C23H18ClNO2/c1-16-21(17-8-4-2-5-9-17)22(26)25(20-10-6-3-7-11-20)23(27-16)18-12-14-19(24)15-13-18/h2-15,23H,1H3/t23-/m1/s1. The number of allylic oxidation sites excluding steroid dienone is 1. The van der Waals surface area contributed by atoms with Crippen LogP contribution in [0, 0.1) is 0 Å². The molecule has 3 nitrogen and oxygen atoms in total. The van der Waals surface area contributed by atoms with Gasteiger partial charge in [-0.3, -0.25) is 9.69 Å². The van der Waals surface area contributed by atoms with Gasteiger partial charge < -0.3 is 4.74 Å². The van der Waals surface area contributed by atoms with Crippen LogP contribution in [0.2, 0.25) is 5.02 Å². The summed E-state index contributed by atoms with van der Waals surface area (Å²) in [6.07, 6.45) is -0.551. The van der Waals surface area contributed by atoms with Crippen molar-refractivity contribution in [2.45, 2.75) is 13.2 Å². The number of hydrogen-bond donors (Lipinski definition) is 0. The second kappa shape index (κ2) is 7.29. The van der Waals surface area contributed by atoms with Gasteiger partial charge in [0.15, 0.2) is 0 Å². The number of anilines is 1. The van der Waals surface area contributed by atoms with Gasteiger partial charge in [-0.15, -0.1) is 0 Å². The van der Waals surface area contributed by atoms with E-state index in [1.807, 2.05) is 79.7 Å². The van der Waals surface area contributed by atoms with Gasteiger partial charge in [-0.05, 0) is 36.8 Å². The zero-order valence-corrected chi connectivity index (χ0v) is 15.6. The highest BCUT2D eigenvalue weighted by Crippen LogP contribution is 2.39. The Morgan fingerprint density at radius 3 is 2.07 bits per heavy atom. The molecular weight excluding hydrogens is 358 g/mol. The fourth-order valence-corrected chi connectivity index (χ4v) is 3.40. The highest BCUT2D eigenvalue weighted by Gasteiger charge is 2.36. The van der Waals surface area contributed by atoms with Crippen molar-refractivity contribution in [2.24, 2.45) is 0 Å². The van der Waals surface area contributed by atoms with Crippen LogP contribution in [-0.2, 0) is 9.53 Å². The molecule has 3 aromatic carbocycles. The van der Waals surface area contributed by atoms with E-state index in [0.29, 0.717) is 16.4 Å². The number of hydrogen-bond acceptors (Lipinski definition) is 2. The van der Waals surface area contributed by atoms with Gasteiger partial charge in [0.2, 0.25) is 6.23 Å². The Bertz CT molecular complexity index is 982. The van der Waals surface area contributed by atoms with Gasteiger partial charge in [0, 0.05) is 16.3 Å². The van der Waals surface area contributed by atoms with Crippen molar-refractivity contribution in [3.8, 4) is 0 Å². The van der Waals surface area contributed by atoms with E-state index in [0.717, 1.165) is 16.8 Å². The molecule has 134 valence electrons. The Hall–Kier alpha value is -3.04. The van der Waals surface area contributed by atoms with Crippen molar-refractivity contribution in [1.29, 1.82) is 0 Å². The molecule has 1 atom stereocenters. The zero-order valence-electron chi connectivity index (χ0n) is 14.8. The molecule has 0 aromatic heterocycles. The van der Waals surface area contributed by atoms with Crippen LogP contribution in [-0.4, -0.2) is 5.91 Å². The van der Waals surface area contributed by atoms with Crippen molar-refractivity contribution < 1.29 is 9.53 Å². The number of ether oxygens (including phenoxy) is 1. The van der Waals surface area contributed by atoms with E-state index in [-0.39, 0.29) is 5.91 Å². The Morgan fingerprint density at radius 1 is 0.852 bits per heavy atom. The fourth-order valence-electron chi connectivity index (χ4n) is 3.27. The highest BCUT2D eigenvalue weighted by molar-refractivity contribution is 6.30. The Balaban J connectivity index is 1.85. The van der Waals surface area contributed by atoms with E-state index in [4.69, 9.17) is 16.3 Å². The van der Waals surface area contributed by atoms with Gasteiger partial charge in [0.25, 0.3) is 5.91 Å². The molecule has 0 fully saturated rings. The number of amides is 1. The molecule has 0 saturated carbocycles.